The van der Waals surface area contributed by atoms with Crippen molar-refractivity contribution in [1.82, 2.24) is 5.32 Å². The van der Waals surface area contributed by atoms with Crippen LogP contribution in [0.2, 0.25) is 0 Å². The highest BCUT2D eigenvalue weighted by Crippen LogP contribution is 2.13. The summed E-state index contributed by atoms with van der Waals surface area (Å²) in [6.07, 6.45) is 9.09. The van der Waals surface area contributed by atoms with Crippen LogP contribution in [0.15, 0.2) is 0 Å². The van der Waals surface area contributed by atoms with Crippen LogP contribution in [0.5, 0.6) is 0 Å². The van der Waals surface area contributed by atoms with E-state index in [1.807, 2.05) is 0 Å². The average Bonchev–Trinajstić information content (AvgIpc) is 2.37. The molecule has 0 saturated carbocycles. The molecule has 0 aromatic rings. The first-order chi connectivity index (χ1) is 9.08. The zero-order chi connectivity index (χ0) is 14.0. The Labute approximate surface area is 119 Å². The molecule has 0 bridgehead atoms. The van der Waals surface area contributed by atoms with Gasteiger partial charge < -0.3 is 14.8 Å². The minimum Gasteiger partial charge on any atom is -0.379 e. The van der Waals surface area contributed by atoms with Crippen LogP contribution in [0.4, 0.5) is 0 Å². The van der Waals surface area contributed by atoms with Crippen molar-refractivity contribution in [2.24, 2.45) is 0 Å². The van der Waals surface area contributed by atoms with Crippen LogP contribution >= 0.6 is 0 Å². The molecule has 1 rings (SSSR count). The Balaban J connectivity index is 1.78. The smallest absolute Gasteiger partial charge is 0.0808 e. The van der Waals surface area contributed by atoms with Gasteiger partial charge in [-0.05, 0) is 59.4 Å². The molecule has 0 radical (unpaired) electrons. The maximum absolute atomic E-state index is 5.69. The fraction of sp³-hybridized carbons (Fsp3) is 1.00. The second-order valence-corrected chi connectivity index (χ2v) is 6.65. The highest BCUT2D eigenvalue weighted by molar-refractivity contribution is 4.69. The van der Waals surface area contributed by atoms with E-state index in [2.05, 4.69) is 26.1 Å². The van der Waals surface area contributed by atoms with E-state index < -0.39 is 0 Å². The van der Waals surface area contributed by atoms with Crippen LogP contribution in [0.1, 0.15) is 65.7 Å². The molecule has 1 saturated heterocycles. The van der Waals surface area contributed by atoms with Crippen LogP contribution in [0.3, 0.4) is 0 Å². The lowest BCUT2D eigenvalue weighted by atomic mass is 10.1. The Morgan fingerprint density at radius 1 is 1.11 bits per heavy atom. The maximum atomic E-state index is 5.69. The van der Waals surface area contributed by atoms with E-state index in [4.69, 9.17) is 9.47 Å². The molecule has 0 spiro atoms. The van der Waals surface area contributed by atoms with Crippen LogP contribution in [-0.2, 0) is 9.47 Å². The van der Waals surface area contributed by atoms with Crippen LogP contribution < -0.4 is 5.32 Å². The summed E-state index contributed by atoms with van der Waals surface area (Å²) in [4.78, 5) is 0. The van der Waals surface area contributed by atoms with Crippen molar-refractivity contribution in [1.29, 1.82) is 0 Å². The van der Waals surface area contributed by atoms with Crippen molar-refractivity contribution in [3.8, 4) is 0 Å². The largest absolute Gasteiger partial charge is 0.379 e. The molecular weight excluding hydrogens is 238 g/mol. The topological polar surface area (TPSA) is 30.5 Å². The van der Waals surface area contributed by atoms with Gasteiger partial charge in [-0.3, -0.25) is 0 Å². The van der Waals surface area contributed by atoms with Crippen LogP contribution in [-0.4, -0.2) is 38.0 Å². The lowest BCUT2D eigenvalue weighted by molar-refractivity contribution is -0.0411. The molecular formula is C16H33NO2. The number of hydrogen-bond acceptors (Lipinski definition) is 3. The highest BCUT2D eigenvalue weighted by atomic mass is 16.5. The van der Waals surface area contributed by atoms with E-state index in [0.717, 1.165) is 26.4 Å². The SMILES string of the molecule is CC(C)(C)NCCCCCCOCC1CCCCO1. The highest BCUT2D eigenvalue weighted by Gasteiger charge is 2.13. The number of hydrogen-bond donors (Lipinski definition) is 1. The van der Waals surface area contributed by atoms with E-state index in [-0.39, 0.29) is 5.54 Å². The van der Waals surface area contributed by atoms with Gasteiger partial charge in [0.05, 0.1) is 12.7 Å². The molecule has 1 fully saturated rings. The van der Waals surface area contributed by atoms with E-state index in [1.165, 1.54) is 44.9 Å². The van der Waals surface area contributed by atoms with Gasteiger partial charge in [-0.2, -0.15) is 0 Å². The van der Waals surface area contributed by atoms with Crippen molar-refractivity contribution in [3.05, 3.63) is 0 Å². The molecule has 3 nitrogen and oxygen atoms in total. The Morgan fingerprint density at radius 2 is 1.89 bits per heavy atom. The van der Waals surface area contributed by atoms with Gasteiger partial charge in [-0.15, -0.1) is 0 Å². The molecule has 0 aliphatic carbocycles. The van der Waals surface area contributed by atoms with Crippen LogP contribution in [0.25, 0.3) is 0 Å². The Morgan fingerprint density at radius 3 is 2.58 bits per heavy atom. The third-order valence-electron chi connectivity index (χ3n) is 3.45. The minimum absolute atomic E-state index is 0.253. The summed E-state index contributed by atoms with van der Waals surface area (Å²) in [5.41, 5.74) is 0.253. The van der Waals surface area contributed by atoms with Crippen molar-refractivity contribution in [3.63, 3.8) is 0 Å². The van der Waals surface area contributed by atoms with Crippen molar-refractivity contribution in [2.75, 3.05) is 26.4 Å². The summed E-state index contributed by atoms with van der Waals surface area (Å²) in [5.74, 6) is 0. The molecule has 1 aliphatic rings. The first-order valence-electron chi connectivity index (χ1n) is 8.02. The number of unbranched alkanes of at least 4 members (excludes halogenated alkanes) is 3. The second kappa shape index (κ2) is 9.73. The summed E-state index contributed by atoms with van der Waals surface area (Å²) >= 11 is 0. The van der Waals surface area contributed by atoms with Gasteiger partial charge in [-0.25, -0.2) is 0 Å². The maximum Gasteiger partial charge on any atom is 0.0808 e. The molecule has 0 amide bonds. The fourth-order valence-corrected chi connectivity index (χ4v) is 2.30. The van der Waals surface area contributed by atoms with Crippen molar-refractivity contribution < 1.29 is 9.47 Å². The summed E-state index contributed by atoms with van der Waals surface area (Å²) < 4.78 is 11.3. The van der Waals surface area contributed by atoms with E-state index in [0.29, 0.717) is 6.10 Å². The minimum atomic E-state index is 0.253. The predicted octanol–water partition coefficient (Wildman–Crippen LogP) is 3.52. The fourth-order valence-electron chi connectivity index (χ4n) is 2.30. The first kappa shape index (κ1) is 16.9. The van der Waals surface area contributed by atoms with Gasteiger partial charge in [0, 0.05) is 18.8 Å². The Bertz CT molecular complexity index is 207. The molecule has 1 aliphatic heterocycles. The molecule has 19 heavy (non-hydrogen) atoms. The number of ether oxygens (including phenoxy) is 2. The lowest BCUT2D eigenvalue weighted by Gasteiger charge is -2.22. The normalized spacial score (nSPS) is 20.7. The molecule has 114 valence electrons. The first-order valence-corrected chi connectivity index (χ1v) is 8.02. The zero-order valence-electron chi connectivity index (χ0n) is 13.2. The Hall–Kier alpha value is -0.120. The van der Waals surface area contributed by atoms with E-state index >= 15 is 0 Å². The summed E-state index contributed by atoms with van der Waals surface area (Å²) in [6, 6.07) is 0. The second-order valence-electron chi connectivity index (χ2n) is 6.65. The predicted molar refractivity (Wildman–Crippen MR) is 80.6 cm³/mol. The van der Waals surface area contributed by atoms with Crippen molar-refractivity contribution in [2.45, 2.75) is 77.4 Å². The molecule has 0 aromatic heterocycles. The third-order valence-corrected chi connectivity index (χ3v) is 3.45. The van der Waals surface area contributed by atoms with Gasteiger partial charge in [-0.1, -0.05) is 12.8 Å². The quantitative estimate of drug-likeness (QED) is 0.651. The lowest BCUT2D eigenvalue weighted by Crippen LogP contribution is -2.36. The number of nitrogens with one attached hydrogen (secondary N) is 1. The Kier molecular flexibility index (Phi) is 8.67. The van der Waals surface area contributed by atoms with Gasteiger partial charge >= 0.3 is 0 Å². The monoisotopic (exact) mass is 271 g/mol. The average molecular weight is 271 g/mol. The summed E-state index contributed by atoms with van der Waals surface area (Å²) in [5, 5.41) is 3.52. The van der Waals surface area contributed by atoms with E-state index in [9.17, 15) is 0 Å². The molecule has 1 unspecified atom stereocenters. The summed E-state index contributed by atoms with van der Waals surface area (Å²) in [6.45, 7) is 10.4. The molecule has 1 N–H and O–H groups in total. The molecule has 1 heterocycles. The standard InChI is InChI=1S/C16H33NO2/c1-16(2,3)17-11-7-4-5-8-12-18-14-15-10-6-9-13-19-15/h15,17H,4-14H2,1-3H3. The van der Waals surface area contributed by atoms with Crippen LogP contribution in [0, 0.1) is 0 Å². The molecule has 1 atom stereocenters. The molecule has 3 heteroatoms. The van der Waals surface area contributed by atoms with Gasteiger partial charge in [0.15, 0.2) is 0 Å². The van der Waals surface area contributed by atoms with Gasteiger partial charge in [0.1, 0.15) is 0 Å². The summed E-state index contributed by atoms with van der Waals surface area (Å²) in [7, 11) is 0. The number of rotatable bonds is 9. The van der Waals surface area contributed by atoms with E-state index in [1.54, 1.807) is 0 Å². The van der Waals surface area contributed by atoms with Gasteiger partial charge in [0.2, 0.25) is 0 Å². The molecule has 0 aromatic carbocycles. The third kappa shape index (κ3) is 10.3. The van der Waals surface area contributed by atoms with Gasteiger partial charge in [0.25, 0.3) is 0 Å². The van der Waals surface area contributed by atoms with Crippen molar-refractivity contribution >= 4 is 0 Å². The zero-order valence-corrected chi connectivity index (χ0v) is 13.2.